The topological polar surface area (TPSA) is 66.7 Å². The number of nitrogens with zero attached hydrogens (tertiary/aromatic N) is 3. The number of anilines is 1. The number of nitrogens with one attached hydrogen (secondary N) is 1. The van der Waals surface area contributed by atoms with Gasteiger partial charge in [0, 0.05) is 25.4 Å². The SMILES string of the molecule is CN(C(=O)C1CC1)c1ccccc1C(=O)NCc1cn2ccccc2n1. The first-order chi connectivity index (χ1) is 12.6. The summed E-state index contributed by atoms with van der Waals surface area (Å²) in [6.45, 7) is 0.329. The molecule has 0 saturated heterocycles. The highest BCUT2D eigenvalue weighted by atomic mass is 16.2. The Labute approximate surface area is 151 Å². The van der Waals surface area contributed by atoms with Gasteiger partial charge in [-0.2, -0.15) is 0 Å². The third kappa shape index (κ3) is 3.18. The van der Waals surface area contributed by atoms with Gasteiger partial charge in [-0.15, -0.1) is 0 Å². The molecule has 2 amide bonds. The van der Waals surface area contributed by atoms with Crippen LogP contribution < -0.4 is 10.2 Å². The number of hydrogen-bond acceptors (Lipinski definition) is 3. The van der Waals surface area contributed by atoms with Crippen LogP contribution in [0.2, 0.25) is 0 Å². The van der Waals surface area contributed by atoms with Crippen molar-refractivity contribution in [1.82, 2.24) is 14.7 Å². The molecule has 1 fully saturated rings. The van der Waals surface area contributed by atoms with Crippen molar-refractivity contribution in [3.05, 3.63) is 66.1 Å². The summed E-state index contributed by atoms with van der Waals surface area (Å²) in [6, 6.07) is 13.0. The van der Waals surface area contributed by atoms with Crippen LogP contribution in [0.3, 0.4) is 0 Å². The molecular weight excluding hydrogens is 328 g/mol. The lowest BCUT2D eigenvalue weighted by atomic mass is 10.1. The van der Waals surface area contributed by atoms with E-state index in [2.05, 4.69) is 10.3 Å². The minimum atomic E-state index is -0.215. The number of carbonyl (C=O) groups excluding carboxylic acids is 2. The number of pyridine rings is 1. The fraction of sp³-hybridized carbons (Fsp3) is 0.250. The Balaban J connectivity index is 1.50. The summed E-state index contributed by atoms with van der Waals surface area (Å²) in [4.78, 5) is 31.1. The number of para-hydroxylation sites is 1. The normalized spacial score (nSPS) is 13.6. The first-order valence-corrected chi connectivity index (χ1v) is 8.71. The molecule has 0 bridgehead atoms. The second-order valence-corrected chi connectivity index (χ2v) is 6.57. The molecule has 0 radical (unpaired) electrons. The van der Waals surface area contributed by atoms with E-state index >= 15 is 0 Å². The van der Waals surface area contributed by atoms with Gasteiger partial charge < -0.3 is 14.6 Å². The van der Waals surface area contributed by atoms with Gasteiger partial charge in [0.2, 0.25) is 5.91 Å². The van der Waals surface area contributed by atoms with E-state index < -0.39 is 0 Å². The number of aromatic nitrogens is 2. The van der Waals surface area contributed by atoms with Crippen molar-refractivity contribution in [2.75, 3.05) is 11.9 Å². The van der Waals surface area contributed by atoms with Gasteiger partial charge in [0.1, 0.15) is 5.65 Å². The quantitative estimate of drug-likeness (QED) is 0.771. The number of fused-ring (bicyclic) bond motifs is 1. The Kier molecular flexibility index (Phi) is 4.16. The predicted octanol–water partition coefficient (Wildman–Crippen LogP) is 2.64. The standard InChI is InChI=1S/C20H20N4O2/c1-23(20(26)14-9-10-14)17-7-3-2-6-16(17)19(25)21-12-15-13-24-11-5-4-8-18(24)22-15/h2-8,11,13-14H,9-10,12H2,1H3,(H,21,25). The van der Waals surface area contributed by atoms with Crippen LogP contribution >= 0.6 is 0 Å². The van der Waals surface area contributed by atoms with Crippen molar-refractivity contribution in [2.24, 2.45) is 5.92 Å². The number of benzene rings is 1. The molecule has 1 aliphatic carbocycles. The Hall–Kier alpha value is -3.15. The van der Waals surface area contributed by atoms with Crippen molar-refractivity contribution in [2.45, 2.75) is 19.4 Å². The van der Waals surface area contributed by atoms with E-state index in [0.29, 0.717) is 17.8 Å². The zero-order chi connectivity index (χ0) is 18.1. The molecule has 3 aromatic rings. The zero-order valence-electron chi connectivity index (χ0n) is 14.6. The Morgan fingerprint density at radius 3 is 2.73 bits per heavy atom. The highest BCUT2D eigenvalue weighted by Gasteiger charge is 2.33. The van der Waals surface area contributed by atoms with Crippen LogP contribution in [0.4, 0.5) is 5.69 Å². The minimum Gasteiger partial charge on any atom is -0.346 e. The molecule has 4 rings (SSSR count). The lowest BCUT2D eigenvalue weighted by Crippen LogP contribution is -2.31. The van der Waals surface area contributed by atoms with E-state index in [-0.39, 0.29) is 17.7 Å². The number of hydrogen-bond donors (Lipinski definition) is 1. The summed E-state index contributed by atoms with van der Waals surface area (Å²) >= 11 is 0. The monoisotopic (exact) mass is 348 g/mol. The van der Waals surface area contributed by atoms with Crippen molar-refractivity contribution in [3.8, 4) is 0 Å². The number of amides is 2. The summed E-state index contributed by atoms with van der Waals surface area (Å²) in [5, 5.41) is 2.90. The Bertz CT molecular complexity index is 942. The molecule has 0 aliphatic heterocycles. The fourth-order valence-corrected chi connectivity index (χ4v) is 3.02. The molecule has 1 aliphatic rings. The molecule has 6 heteroatoms. The molecule has 1 saturated carbocycles. The van der Waals surface area contributed by atoms with E-state index in [9.17, 15) is 9.59 Å². The summed E-state index contributed by atoms with van der Waals surface area (Å²) in [6.07, 6.45) is 5.68. The third-order valence-corrected chi connectivity index (χ3v) is 4.61. The van der Waals surface area contributed by atoms with Gasteiger partial charge in [0.05, 0.1) is 23.5 Å². The number of rotatable bonds is 5. The van der Waals surface area contributed by atoms with Crippen LogP contribution in [-0.2, 0) is 11.3 Å². The molecule has 1 aromatic carbocycles. The third-order valence-electron chi connectivity index (χ3n) is 4.61. The van der Waals surface area contributed by atoms with Crippen LogP contribution in [0.5, 0.6) is 0 Å². The van der Waals surface area contributed by atoms with E-state index in [0.717, 1.165) is 24.2 Å². The maximum absolute atomic E-state index is 12.7. The van der Waals surface area contributed by atoms with Crippen molar-refractivity contribution >= 4 is 23.1 Å². The van der Waals surface area contributed by atoms with E-state index in [1.54, 1.807) is 30.1 Å². The van der Waals surface area contributed by atoms with Crippen molar-refractivity contribution in [1.29, 1.82) is 0 Å². The second kappa shape index (κ2) is 6.63. The summed E-state index contributed by atoms with van der Waals surface area (Å²) in [5.41, 5.74) is 2.75. The molecule has 2 heterocycles. The maximum Gasteiger partial charge on any atom is 0.253 e. The molecule has 132 valence electrons. The largest absolute Gasteiger partial charge is 0.346 e. The van der Waals surface area contributed by atoms with Crippen molar-refractivity contribution in [3.63, 3.8) is 0 Å². The van der Waals surface area contributed by atoms with E-state index in [1.165, 1.54) is 0 Å². The molecule has 26 heavy (non-hydrogen) atoms. The lowest BCUT2D eigenvalue weighted by molar-refractivity contribution is -0.119. The average Bonchev–Trinajstić information content (AvgIpc) is 3.44. The number of imidazole rings is 1. The van der Waals surface area contributed by atoms with E-state index in [1.807, 2.05) is 41.1 Å². The van der Waals surface area contributed by atoms with Gasteiger partial charge in [-0.3, -0.25) is 9.59 Å². The zero-order valence-corrected chi connectivity index (χ0v) is 14.6. The molecule has 0 unspecified atom stereocenters. The van der Waals surface area contributed by atoms with Gasteiger partial charge >= 0.3 is 0 Å². The summed E-state index contributed by atoms with van der Waals surface area (Å²) in [5.74, 6) is -0.0344. The maximum atomic E-state index is 12.7. The number of carbonyl (C=O) groups is 2. The van der Waals surface area contributed by atoms with Gasteiger partial charge in [-0.05, 0) is 37.1 Å². The molecule has 0 spiro atoms. The van der Waals surface area contributed by atoms with Crippen LogP contribution in [0, 0.1) is 5.92 Å². The molecular formula is C20H20N4O2. The minimum absolute atomic E-state index is 0.0746. The highest BCUT2D eigenvalue weighted by Crippen LogP contribution is 2.33. The van der Waals surface area contributed by atoms with Crippen LogP contribution in [-0.4, -0.2) is 28.2 Å². The first-order valence-electron chi connectivity index (χ1n) is 8.71. The van der Waals surface area contributed by atoms with Crippen LogP contribution in [0.1, 0.15) is 28.9 Å². The smallest absolute Gasteiger partial charge is 0.253 e. The molecule has 0 atom stereocenters. The average molecular weight is 348 g/mol. The van der Waals surface area contributed by atoms with Crippen LogP contribution in [0.25, 0.3) is 5.65 Å². The summed E-state index contributed by atoms with van der Waals surface area (Å²) in [7, 11) is 1.73. The lowest BCUT2D eigenvalue weighted by Gasteiger charge is -2.20. The van der Waals surface area contributed by atoms with Gasteiger partial charge in [0.25, 0.3) is 5.91 Å². The first kappa shape index (κ1) is 16.3. The molecule has 6 nitrogen and oxygen atoms in total. The fourth-order valence-electron chi connectivity index (χ4n) is 3.02. The van der Waals surface area contributed by atoms with Crippen molar-refractivity contribution < 1.29 is 9.59 Å². The summed E-state index contributed by atoms with van der Waals surface area (Å²) < 4.78 is 1.91. The molecule has 1 N–H and O–H groups in total. The molecule has 2 aromatic heterocycles. The van der Waals surface area contributed by atoms with Gasteiger partial charge in [-0.25, -0.2) is 4.98 Å². The van der Waals surface area contributed by atoms with Gasteiger partial charge in [0.15, 0.2) is 0 Å². The Morgan fingerprint density at radius 1 is 1.19 bits per heavy atom. The Morgan fingerprint density at radius 2 is 1.96 bits per heavy atom. The van der Waals surface area contributed by atoms with Gasteiger partial charge in [-0.1, -0.05) is 18.2 Å². The second-order valence-electron chi connectivity index (χ2n) is 6.57. The highest BCUT2D eigenvalue weighted by molar-refractivity contribution is 6.05. The van der Waals surface area contributed by atoms with Crippen LogP contribution in [0.15, 0.2) is 54.9 Å². The predicted molar refractivity (Wildman–Crippen MR) is 98.9 cm³/mol. The van der Waals surface area contributed by atoms with E-state index in [4.69, 9.17) is 0 Å².